The lowest BCUT2D eigenvalue weighted by Gasteiger charge is -2.44. The average Bonchev–Trinajstić information content (AvgIpc) is 1.62. The minimum atomic E-state index is -6.11. The molecular weight excluding hydrogens is 1500 g/mol. The lowest BCUT2D eigenvalue weighted by Crippen LogP contribution is -2.57. The number of carbonyl (C=O) groups is 5. The highest BCUT2D eigenvalue weighted by Gasteiger charge is 2.49. The number of aromatic nitrogens is 1. The van der Waals surface area contributed by atoms with Crippen LogP contribution in [0.25, 0.3) is 16.0 Å². The number of aliphatic hydroxyl groups excluding tert-OH is 1. The minimum absolute atomic E-state index is 0.0186. The average molecular weight is 1600 g/mol. The summed E-state index contributed by atoms with van der Waals surface area (Å²) in [6, 6.07) is 31.1. The summed E-state index contributed by atoms with van der Waals surface area (Å²) in [7, 11) is -11.0. The van der Waals surface area contributed by atoms with E-state index in [9.17, 15) is 59.1 Å². The first-order chi connectivity index (χ1) is 51.8. The van der Waals surface area contributed by atoms with Crippen LogP contribution in [0.15, 0.2) is 147 Å². The summed E-state index contributed by atoms with van der Waals surface area (Å²) in [4.78, 5) is 85.9. The summed E-state index contributed by atoms with van der Waals surface area (Å²) < 4.78 is 105. The second kappa shape index (κ2) is 35.9. The number of sulfone groups is 1. The molecule has 0 bridgehead atoms. The molecule has 5 aliphatic rings. The first kappa shape index (κ1) is 82.5. The van der Waals surface area contributed by atoms with Gasteiger partial charge in [0.15, 0.2) is 0 Å². The lowest BCUT2D eigenvalue weighted by atomic mass is 9.71. The molecule has 11 rings (SSSR count). The molecule has 0 saturated carbocycles. The number of sulfonamides is 1. The van der Waals surface area contributed by atoms with Crippen molar-refractivity contribution in [1.82, 2.24) is 44.8 Å². The van der Waals surface area contributed by atoms with Gasteiger partial charge in [-0.3, -0.25) is 38.7 Å². The number of morpholine rings is 1. The Morgan fingerprint density at radius 1 is 0.798 bits per heavy atom. The van der Waals surface area contributed by atoms with Gasteiger partial charge in [0.2, 0.25) is 23.6 Å². The number of benzene rings is 5. The highest BCUT2D eigenvalue weighted by atomic mass is 35.5. The van der Waals surface area contributed by atoms with Crippen molar-refractivity contribution in [3.8, 4) is 10.4 Å². The van der Waals surface area contributed by atoms with E-state index in [1.807, 2.05) is 111 Å². The Bertz CT molecular complexity index is 4440. The number of hydrogen-bond acceptors (Lipinski definition) is 19. The number of carbonyl (C=O) groups excluding carboxylic acids is 5. The molecule has 4 saturated heterocycles. The topological polar surface area (TPSA) is 264 Å². The fraction of sp³-hybridized carbons (Fsp3) is 0.494. The summed E-state index contributed by atoms with van der Waals surface area (Å²) in [6.07, 6.45) is 2.69. The molecule has 30 heteroatoms. The van der Waals surface area contributed by atoms with Crippen molar-refractivity contribution in [1.29, 1.82) is 0 Å². The number of nitrogens with one attached hydrogen (secondary N) is 4. The van der Waals surface area contributed by atoms with Crippen LogP contribution >= 0.6 is 34.7 Å². The number of aliphatic hydroxyl groups is 1. The number of thiazole rings is 1. The molecule has 0 spiro atoms. The number of likely N-dealkylation sites (tertiary alicyclic amines) is 1. The van der Waals surface area contributed by atoms with Gasteiger partial charge in [-0.2, -0.15) is 13.2 Å². The minimum Gasteiger partial charge on any atom is -0.391 e. The summed E-state index contributed by atoms with van der Waals surface area (Å²) in [6.45, 7) is 21.3. The van der Waals surface area contributed by atoms with E-state index in [0.29, 0.717) is 108 Å². The summed E-state index contributed by atoms with van der Waals surface area (Å²) in [5, 5.41) is 20.4. The van der Waals surface area contributed by atoms with E-state index < -0.39 is 88.2 Å². The Kier molecular flexibility index (Phi) is 27.2. The molecule has 22 nitrogen and oxygen atoms in total. The van der Waals surface area contributed by atoms with Gasteiger partial charge in [-0.25, -0.2) is 26.5 Å². The number of halogens is 4. The Labute approximate surface area is 650 Å². The predicted octanol–water partition coefficient (Wildman–Crippen LogP) is 10.9. The summed E-state index contributed by atoms with van der Waals surface area (Å²) >= 11 is 9.39. The maximum Gasteiger partial charge on any atom is 0.501 e. The van der Waals surface area contributed by atoms with Crippen molar-refractivity contribution in [2.45, 2.75) is 143 Å². The monoisotopic (exact) mass is 1600 g/mol. The standard InChI is InChI=1S/C79H99ClF3N11O11S4/c1-53(55-15-17-57(18-16-55)72-54(2)84-52-107-72)85-75(99)68-45-63(95)49-94(68)76(100)73(77(3,4)5)87-70(96)13-10-14-71(97)93-39-35-91(36-40-93)51-78(6)31-29-66(56-19-23-60(80)24-20-56)59(47-78)48-90-33-37-92(38-34-90)62-25-21-58(22-26-62)74(98)88-109(103,104)65-27-28-67(69(46-65)108(101,102)79(81,82)83)86-61(30-32-89-41-43-105-44-42-89)50-106-64-11-8-7-9-12-64/h7-9,11-12,15-28,46,52-53,61,63,68,73,86,95H,10,13-14,29-45,47-51H2,1-6H3,(H,85,99)(H,87,96)(H,88,98). The smallest absolute Gasteiger partial charge is 0.391 e. The molecule has 6 aromatic rings. The van der Waals surface area contributed by atoms with Gasteiger partial charge in [-0.15, -0.1) is 23.1 Å². The van der Waals surface area contributed by atoms with E-state index in [1.54, 1.807) is 29.0 Å². The third kappa shape index (κ3) is 21.4. The Hall–Kier alpha value is -7.45. The number of rotatable bonds is 28. The first-order valence-corrected chi connectivity index (χ1v) is 42.4. The fourth-order valence-electron chi connectivity index (χ4n) is 15.0. The Balaban J connectivity index is 0.647. The number of piperazine rings is 2. The SMILES string of the molecule is Cc1ncsc1-c1ccc(C(C)NC(=O)C2CC(O)CN2C(=O)C(NC(=O)CCCC(=O)N2CCN(CC3(C)CCC(c4ccc(Cl)cc4)=C(CN4CCN(c5ccc(C(=O)NS(=O)(=O)c6ccc(NC(CCN7CCOCC7)CSc7ccccc7)c(S(=O)(=O)C(F)(F)F)c6)cc5)CC4)C3)CC2)C(C)(C)C)cc1. The van der Waals surface area contributed by atoms with Crippen molar-refractivity contribution >= 4 is 101 Å². The number of anilines is 2. The number of hydrogen-bond donors (Lipinski definition) is 5. The van der Waals surface area contributed by atoms with E-state index in [2.05, 4.69) is 59.6 Å². The molecule has 5 amide bonds. The van der Waals surface area contributed by atoms with Crippen LogP contribution in [0.2, 0.25) is 5.02 Å². The van der Waals surface area contributed by atoms with E-state index in [0.717, 1.165) is 82.3 Å². The quantitative estimate of drug-likeness (QED) is 0.0286. The number of amides is 5. The van der Waals surface area contributed by atoms with E-state index in [-0.39, 0.29) is 61.1 Å². The third-order valence-electron chi connectivity index (χ3n) is 21.2. The number of allylic oxidation sites excluding steroid dienone is 1. The van der Waals surface area contributed by atoms with Crippen LogP contribution in [0.5, 0.6) is 0 Å². The maximum atomic E-state index is 14.4. The highest BCUT2D eigenvalue weighted by molar-refractivity contribution is 7.99. The lowest BCUT2D eigenvalue weighted by molar-refractivity contribution is -0.144. The largest absolute Gasteiger partial charge is 0.501 e. The molecule has 109 heavy (non-hydrogen) atoms. The number of alkyl halides is 3. The summed E-state index contributed by atoms with van der Waals surface area (Å²) in [5.41, 5.74) is 2.14. The number of ether oxygens (including phenoxy) is 1. The van der Waals surface area contributed by atoms with Crippen molar-refractivity contribution in [2.24, 2.45) is 10.8 Å². The van der Waals surface area contributed by atoms with Gasteiger partial charge in [-0.05, 0) is 146 Å². The fourth-order valence-corrected chi connectivity index (χ4v) is 19.0. The molecule has 588 valence electrons. The molecular formula is C79H99ClF3N11O11S4. The van der Waals surface area contributed by atoms with Crippen molar-refractivity contribution in [3.63, 3.8) is 0 Å². The highest BCUT2D eigenvalue weighted by Crippen LogP contribution is 2.45. The van der Waals surface area contributed by atoms with Gasteiger partial charge in [0, 0.05) is 144 Å². The van der Waals surface area contributed by atoms with Gasteiger partial charge < -0.3 is 40.5 Å². The van der Waals surface area contributed by atoms with Gasteiger partial charge in [-0.1, -0.05) is 99.5 Å². The van der Waals surface area contributed by atoms with Crippen molar-refractivity contribution in [2.75, 3.05) is 121 Å². The van der Waals surface area contributed by atoms with Gasteiger partial charge in [0.1, 0.15) is 17.0 Å². The molecule has 4 aliphatic heterocycles. The first-order valence-electron chi connectivity index (χ1n) is 37.2. The zero-order valence-electron chi connectivity index (χ0n) is 62.5. The zero-order chi connectivity index (χ0) is 78.0. The van der Waals surface area contributed by atoms with Crippen LogP contribution < -0.4 is 25.6 Å². The number of β-amino-alcohol motifs (C(OH)–C–C–N with tert-alkyl or cyclic N) is 1. The molecule has 0 radical (unpaired) electrons. The van der Waals surface area contributed by atoms with Crippen molar-refractivity contribution in [3.05, 3.63) is 160 Å². The number of nitrogens with zero attached hydrogens (tertiary/aromatic N) is 7. The van der Waals surface area contributed by atoms with E-state index in [1.165, 1.54) is 39.9 Å². The molecule has 5 heterocycles. The number of thioether (sulfide) groups is 1. The molecule has 5 aromatic carbocycles. The van der Waals surface area contributed by atoms with Crippen LogP contribution in [-0.4, -0.2) is 221 Å². The van der Waals surface area contributed by atoms with Gasteiger partial charge >= 0.3 is 5.51 Å². The van der Waals surface area contributed by atoms with Crippen molar-refractivity contribution < 1.29 is 63.8 Å². The van der Waals surface area contributed by atoms with Gasteiger partial charge in [0.25, 0.3) is 25.8 Å². The van der Waals surface area contributed by atoms with Crippen LogP contribution in [0, 0.1) is 17.8 Å². The second-order valence-electron chi connectivity index (χ2n) is 30.5. The molecule has 6 unspecified atom stereocenters. The second-order valence-corrected chi connectivity index (χ2v) is 36.5. The molecule has 1 aliphatic carbocycles. The van der Waals surface area contributed by atoms with Crippen LogP contribution in [0.3, 0.4) is 0 Å². The zero-order valence-corrected chi connectivity index (χ0v) is 66.5. The normalized spacial score (nSPS) is 20.3. The van der Waals surface area contributed by atoms with Crippen LogP contribution in [0.4, 0.5) is 24.5 Å². The summed E-state index contributed by atoms with van der Waals surface area (Å²) in [5.74, 6) is -2.00. The molecule has 5 N–H and O–H groups in total. The third-order valence-corrected chi connectivity index (χ3v) is 26.5. The van der Waals surface area contributed by atoms with Gasteiger partial charge in [0.05, 0.1) is 52.0 Å². The maximum absolute atomic E-state index is 14.4. The molecule has 1 aromatic heterocycles. The Morgan fingerprint density at radius 2 is 1.47 bits per heavy atom. The van der Waals surface area contributed by atoms with Crippen LogP contribution in [-0.2, 0) is 43.8 Å². The molecule has 4 fully saturated rings. The predicted molar refractivity (Wildman–Crippen MR) is 419 cm³/mol. The Morgan fingerprint density at radius 3 is 2.12 bits per heavy atom. The van der Waals surface area contributed by atoms with Crippen LogP contribution in [0.1, 0.15) is 119 Å². The molecule has 6 atom stereocenters. The number of aryl methyl sites for hydroxylation is 1. The van der Waals surface area contributed by atoms with E-state index in [4.69, 9.17) is 16.3 Å². The van der Waals surface area contributed by atoms with E-state index >= 15 is 0 Å².